The lowest BCUT2D eigenvalue weighted by molar-refractivity contribution is -0.385. The van der Waals surface area contributed by atoms with Gasteiger partial charge in [0.15, 0.2) is 0 Å². The standard InChI is InChI=1S/C17H20N2O2/c1-11-6-5-7-12(2)15(11)10-18-16-8-14(4)17(19(20)21)9-13(16)3/h5-9,18H,10H2,1-4H3. The summed E-state index contributed by atoms with van der Waals surface area (Å²) in [5.41, 5.74) is 6.45. The van der Waals surface area contributed by atoms with Gasteiger partial charge in [-0.2, -0.15) is 0 Å². The molecule has 0 aliphatic heterocycles. The van der Waals surface area contributed by atoms with E-state index in [1.165, 1.54) is 16.7 Å². The molecule has 0 radical (unpaired) electrons. The number of aryl methyl sites for hydroxylation is 4. The first kappa shape index (κ1) is 15.0. The van der Waals surface area contributed by atoms with Gasteiger partial charge in [0.05, 0.1) is 4.92 Å². The van der Waals surface area contributed by atoms with Gasteiger partial charge in [0.1, 0.15) is 0 Å². The SMILES string of the molecule is Cc1cc([N+](=O)[O-])c(C)cc1NCc1c(C)cccc1C. The minimum absolute atomic E-state index is 0.171. The van der Waals surface area contributed by atoms with Crippen molar-refractivity contribution in [3.63, 3.8) is 0 Å². The maximum absolute atomic E-state index is 10.9. The Hall–Kier alpha value is -2.36. The summed E-state index contributed by atoms with van der Waals surface area (Å²) in [5.74, 6) is 0. The van der Waals surface area contributed by atoms with Crippen molar-refractivity contribution >= 4 is 11.4 Å². The molecule has 4 nitrogen and oxygen atoms in total. The van der Waals surface area contributed by atoms with Crippen LogP contribution >= 0.6 is 0 Å². The minimum Gasteiger partial charge on any atom is -0.381 e. The zero-order valence-electron chi connectivity index (χ0n) is 12.9. The summed E-state index contributed by atoms with van der Waals surface area (Å²) < 4.78 is 0. The molecule has 0 saturated carbocycles. The number of nitrogens with one attached hydrogen (secondary N) is 1. The number of nitrogens with zero attached hydrogens (tertiary/aromatic N) is 1. The molecule has 2 aromatic rings. The van der Waals surface area contributed by atoms with Gasteiger partial charge in [0, 0.05) is 23.9 Å². The quantitative estimate of drug-likeness (QED) is 0.667. The number of hydrogen-bond acceptors (Lipinski definition) is 3. The van der Waals surface area contributed by atoms with Crippen LogP contribution in [-0.2, 0) is 6.54 Å². The van der Waals surface area contributed by atoms with Gasteiger partial charge in [0.25, 0.3) is 5.69 Å². The fraction of sp³-hybridized carbons (Fsp3) is 0.294. The van der Waals surface area contributed by atoms with E-state index in [4.69, 9.17) is 0 Å². The lowest BCUT2D eigenvalue weighted by Crippen LogP contribution is -2.05. The van der Waals surface area contributed by atoms with Crippen molar-refractivity contribution in [3.05, 3.63) is 68.3 Å². The van der Waals surface area contributed by atoms with Gasteiger partial charge < -0.3 is 5.32 Å². The van der Waals surface area contributed by atoms with E-state index in [1.54, 1.807) is 13.0 Å². The first-order chi connectivity index (χ1) is 9.90. The Kier molecular flexibility index (Phi) is 4.26. The van der Waals surface area contributed by atoms with Crippen molar-refractivity contribution in [2.45, 2.75) is 34.2 Å². The number of rotatable bonds is 4. The average molecular weight is 284 g/mol. The van der Waals surface area contributed by atoms with Gasteiger partial charge in [-0.1, -0.05) is 18.2 Å². The zero-order chi connectivity index (χ0) is 15.6. The van der Waals surface area contributed by atoms with Crippen LogP contribution in [0.4, 0.5) is 11.4 Å². The third-order valence-electron chi connectivity index (χ3n) is 3.84. The summed E-state index contributed by atoms with van der Waals surface area (Å²) in [4.78, 5) is 10.6. The van der Waals surface area contributed by atoms with Crippen molar-refractivity contribution < 1.29 is 4.92 Å². The molecule has 0 atom stereocenters. The summed E-state index contributed by atoms with van der Waals surface area (Å²) in [6.45, 7) is 8.56. The predicted octanol–water partition coefficient (Wildman–Crippen LogP) is 4.44. The molecule has 0 aromatic heterocycles. The number of hydrogen-bond donors (Lipinski definition) is 1. The molecule has 0 amide bonds. The maximum Gasteiger partial charge on any atom is 0.272 e. The monoisotopic (exact) mass is 284 g/mol. The maximum atomic E-state index is 10.9. The largest absolute Gasteiger partial charge is 0.381 e. The van der Waals surface area contributed by atoms with Gasteiger partial charge in [-0.25, -0.2) is 0 Å². The van der Waals surface area contributed by atoms with E-state index in [-0.39, 0.29) is 10.6 Å². The van der Waals surface area contributed by atoms with Crippen LogP contribution in [0, 0.1) is 37.8 Å². The third-order valence-corrected chi connectivity index (χ3v) is 3.84. The third kappa shape index (κ3) is 3.21. The summed E-state index contributed by atoms with van der Waals surface area (Å²) in [7, 11) is 0. The van der Waals surface area contributed by atoms with Crippen LogP contribution in [0.25, 0.3) is 0 Å². The molecule has 21 heavy (non-hydrogen) atoms. The highest BCUT2D eigenvalue weighted by atomic mass is 16.6. The van der Waals surface area contributed by atoms with Crippen LogP contribution in [0.15, 0.2) is 30.3 Å². The number of anilines is 1. The average Bonchev–Trinajstić information content (AvgIpc) is 2.41. The topological polar surface area (TPSA) is 55.2 Å². The van der Waals surface area contributed by atoms with E-state index in [9.17, 15) is 10.1 Å². The van der Waals surface area contributed by atoms with Crippen molar-refractivity contribution in [3.8, 4) is 0 Å². The smallest absolute Gasteiger partial charge is 0.272 e. The highest BCUT2D eigenvalue weighted by molar-refractivity contribution is 5.59. The summed E-state index contributed by atoms with van der Waals surface area (Å²) >= 11 is 0. The first-order valence-corrected chi connectivity index (χ1v) is 6.94. The lowest BCUT2D eigenvalue weighted by atomic mass is 10.0. The van der Waals surface area contributed by atoms with Crippen LogP contribution in [0.2, 0.25) is 0 Å². The Labute approximate surface area is 125 Å². The molecule has 0 aliphatic rings. The zero-order valence-corrected chi connectivity index (χ0v) is 12.9. The molecule has 0 spiro atoms. The molecule has 0 bridgehead atoms. The Balaban J connectivity index is 2.25. The molecule has 0 fully saturated rings. The van der Waals surface area contributed by atoms with Gasteiger partial charge in [-0.05, 0) is 56.0 Å². The Morgan fingerprint density at radius 3 is 2.19 bits per heavy atom. The van der Waals surface area contributed by atoms with Gasteiger partial charge in [-0.3, -0.25) is 10.1 Å². The van der Waals surface area contributed by atoms with Crippen LogP contribution < -0.4 is 5.32 Å². The lowest BCUT2D eigenvalue weighted by Gasteiger charge is -2.14. The normalized spacial score (nSPS) is 10.5. The molecule has 2 rings (SSSR count). The number of nitro groups is 1. The van der Waals surface area contributed by atoms with Crippen molar-refractivity contribution in [1.82, 2.24) is 0 Å². The van der Waals surface area contributed by atoms with Gasteiger partial charge in [0.2, 0.25) is 0 Å². The second-order valence-electron chi connectivity index (χ2n) is 5.43. The summed E-state index contributed by atoms with van der Waals surface area (Å²) in [5, 5.41) is 14.3. The van der Waals surface area contributed by atoms with Crippen LogP contribution in [0.1, 0.15) is 27.8 Å². The van der Waals surface area contributed by atoms with Gasteiger partial charge >= 0.3 is 0 Å². The molecule has 1 N–H and O–H groups in total. The Bertz CT molecular complexity index is 673. The van der Waals surface area contributed by atoms with E-state index in [0.717, 1.165) is 17.8 Å². The summed E-state index contributed by atoms with van der Waals surface area (Å²) in [6.07, 6.45) is 0. The number of nitro benzene ring substituents is 1. The highest BCUT2D eigenvalue weighted by Gasteiger charge is 2.13. The predicted molar refractivity (Wildman–Crippen MR) is 85.8 cm³/mol. The van der Waals surface area contributed by atoms with Crippen molar-refractivity contribution in [2.24, 2.45) is 0 Å². The highest BCUT2D eigenvalue weighted by Crippen LogP contribution is 2.26. The van der Waals surface area contributed by atoms with Crippen LogP contribution in [0.5, 0.6) is 0 Å². The van der Waals surface area contributed by atoms with Crippen molar-refractivity contribution in [2.75, 3.05) is 5.32 Å². The van der Waals surface area contributed by atoms with Crippen LogP contribution in [-0.4, -0.2) is 4.92 Å². The van der Waals surface area contributed by atoms with Gasteiger partial charge in [-0.15, -0.1) is 0 Å². The van der Waals surface area contributed by atoms with E-state index in [2.05, 4.69) is 37.4 Å². The van der Waals surface area contributed by atoms with E-state index in [1.807, 2.05) is 13.0 Å². The number of benzene rings is 2. The molecule has 0 heterocycles. The first-order valence-electron chi connectivity index (χ1n) is 6.94. The summed E-state index contributed by atoms with van der Waals surface area (Å²) in [6, 6.07) is 9.72. The van der Waals surface area contributed by atoms with E-state index >= 15 is 0 Å². The minimum atomic E-state index is -0.336. The molecular formula is C17H20N2O2. The molecular weight excluding hydrogens is 264 g/mol. The fourth-order valence-corrected chi connectivity index (χ4v) is 2.50. The molecule has 0 saturated heterocycles. The Morgan fingerprint density at radius 1 is 1.00 bits per heavy atom. The van der Waals surface area contributed by atoms with E-state index in [0.29, 0.717) is 5.56 Å². The molecule has 0 unspecified atom stereocenters. The molecule has 2 aromatic carbocycles. The molecule has 0 aliphatic carbocycles. The fourth-order valence-electron chi connectivity index (χ4n) is 2.50. The van der Waals surface area contributed by atoms with Crippen molar-refractivity contribution in [1.29, 1.82) is 0 Å². The molecule has 4 heteroatoms. The Morgan fingerprint density at radius 2 is 1.62 bits per heavy atom. The molecule has 110 valence electrons. The second kappa shape index (κ2) is 5.95. The van der Waals surface area contributed by atoms with E-state index < -0.39 is 0 Å². The van der Waals surface area contributed by atoms with Crippen LogP contribution in [0.3, 0.4) is 0 Å². The second-order valence-corrected chi connectivity index (χ2v) is 5.43.